The van der Waals surface area contributed by atoms with Crippen LogP contribution in [0.4, 0.5) is 0 Å². The number of hydrogen-bond acceptors (Lipinski definition) is 4. The lowest BCUT2D eigenvalue weighted by atomic mass is 10.0. The second kappa shape index (κ2) is 7.61. The van der Waals surface area contributed by atoms with Gasteiger partial charge in [-0.2, -0.15) is 5.10 Å². The molecule has 6 heteroatoms. The summed E-state index contributed by atoms with van der Waals surface area (Å²) in [6, 6.07) is 11.8. The number of carbonyl (C=O) groups is 1. The quantitative estimate of drug-likeness (QED) is 0.757. The van der Waals surface area contributed by atoms with E-state index in [4.69, 9.17) is 4.74 Å². The molecule has 0 aliphatic carbocycles. The Kier molecular flexibility index (Phi) is 4.87. The fourth-order valence-corrected chi connectivity index (χ4v) is 3.48. The average Bonchev–Trinajstić information content (AvgIpc) is 3.16. The third-order valence-corrected chi connectivity index (χ3v) is 5.01. The summed E-state index contributed by atoms with van der Waals surface area (Å²) in [5.41, 5.74) is 5.25. The van der Waals surface area contributed by atoms with E-state index in [1.54, 1.807) is 19.5 Å². The number of benzene rings is 1. The number of hydrogen-bond donors (Lipinski definition) is 1. The number of methoxy groups -OCH3 is 1. The molecule has 4 rings (SSSR count). The predicted molar refractivity (Wildman–Crippen MR) is 102 cm³/mol. The van der Waals surface area contributed by atoms with E-state index in [1.165, 1.54) is 0 Å². The molecule has 0 saturated carbocycles. The molecule has 2 aromatic heterocycles. The van der Waals surface area contributed by atoms with E-state index in [1.807, 2.05) is 41.3 Å². The van der Waals surface area contributed by atoms with E-state index in [2.05, 4.69) is 15.2 Å². The molecule has 1 aliphatic heterocycles. The Labute approximate surface area is 158 Å². The number of rotatable bonds is 5. The minimum Gasteiger partial charge on any atom is -0.497 e. The Morgan fingerprint density at radius 2 is 2.11 bits per heavy atom. The number of nitrogens with zero attached hydrogens (tertiary/aromatic N) is 3. The van der Waals surface area contributed by atoms with Crippen LogP contribution < -0.4 is 4.74 Å². The molecule has 0 spiro atoms. The van der Waals surface area contributed by atoms with Gasteiger partial charge in [0.05, 0.1) is 12.8 Å². The highest BCUT2D eigenvalue weighted by molar-refractivity contribution is 5.77. The first kappa shape index (κ1) is 17.3. The van der Waals surface area contributed by atoms with Gasteiger partial charge in [0.2, 0.25) is 5.91 Å². The summed E-state index contributed by atoms with van der Waals surface area (Å²) in [5, 5.41) is 7.65. The molecule has 3 heterocycles. The molecular weight excluding hydrogens is 340 g/mol. The van der Waals surface area contributed by atoms with Gasteiger partial charge in [-0.3, -0.25) is 14.9 Å². The van der Waals surface area contributed by atoms with Gasteiger partial charge < -0.3 is 9.64 Å². The first-order valence-corrected chi connectivity index (χ1v) is 9.12. The van der Waals surface area contributed by atoms with Crippen molar-refractivity contribution < 1.29 is 9.53 Å². The van der Waals surface area contributed by atoms with E-state index in [0.29, 0.717) is 13.0 Å². The lowest BCUT2D eigenvalue weighted by Gasteiger charge is -2.27. The van der Waals surface area contributed by atoms with Gasteiger partial charge in [-0.25, -0.2) is 0 Å². The van der Waals surface area contributed by atoms with Crippen LogP contribution in [0.15, 0.2) is 48.8 Å². The number of nitrogens with one attached hydrogen (secondary N) is 1. The highest BCUT2D eigenvalue weighted by Crippen LogP contribution is 2.30. The Balaban J connectivity index is 1.49. The van der Waals surface area contributed by atoms with Crippen LogP contribution in [0.25, 0.3) is 11.3 Å². The van der Waals surface area contributed by atoms with Gasteiger partial charge in [0, 0.05) is 55.1 Å². The third-order valence-electron chi connectivity index (χ3n) is 5.01. The molecule has 0 atom stereocenters. The van der Waals surface area contributed by atoms with Crippen LogP contribution in [-0.2, 0) is 24.2 Å². The van der Waals surface area contributed by atoms with Gasteiger partial charge in [0.1, 0.15) is 5.75 Å². The Bertz CT molecular complexity index is 936. The largest absolute Gasteiger partial charge is 0.497 e. The normalized spacial score (nSPS) is 13.3. The summed E-state index contributed by atoms with van der Waals surface area (Å²) in [6.07, 6.45) is 5.57. The Morgan fingerprint density at radius 1 is 1.26 bits per heavy atom. The zero-order chi connectivity index (χ0) is 18.6. The zero-order valence-corrected chi connectivity index (χ0v) is 15.3. The van der Waals surface area contributed by atoms with Crippen molar-refractivity contribution in [1.29, 1.82) is 0 Å². The molecule has 0 fully saturated rings. The molecule has 0 radical (unpaired) electrons. The Hall–Kier alpha value is -3.15. The highest BCUT2D eigenvalue weighted by atomic mass is 16.5. The maximum atomic E-state index is 12.7. The third kappa shape index (κ3) is 3.69. The summed E-state index contributed by atoms with van der Waals surface area (Å²) >= 11 is 0. The monoisotopic (exact) mass is 362 g/mol. The first-order valence-electron chi connectivity index (χ1n) is 9.12. The predicted octanol–water partition coefficient (Wildman–Crippen LogP) is 3.00. The Morgan fingerprint density at radius 3 is 2.93 bits per heavy atom. The lowest BCUT2D eigenvalue weighted by molar-refractivity contribution is -0.132. The molecular formula is C21H22N4O2. The summed E-state index contributed by atoms with van der Waals surface area (Å²) in [4.78, 5) is 18.7. The van der Waals surface area contributed by atoms with Crippen molar-refractivity contribution in [3.05, 3.63) is 65.6 Å². The molecule has 3 aromatic rings. The van der Waals surface area contributed by atoms with E-state index < -0.39 is 0 Å². The minimum atomic E-state index is 0.176. The molecule has 0 bridgehead atoms. The van der Waals surface area contributed by atoms with Crippen LogP contribution in [0.2, 0.25) is 0 Å². The summed E-state index contributed by atoms with van der Waals surface area (Å²) in [5.74, 6) is 0.973. The van der Waals surface area contributed by atoms with Gasteiger partial charge in [0.15, 0.2) is 0 Å². The summed E-state index contributed by atoms with van der Waals surface area (Å²) in [7, 11) is 1.66. The van der Waals surface area contributed by atoms with Crippen LogP contribution in [0, 0.1) is 0 Å². The molecule has 1 N–H and O–H groups in total. The fourth-order valence-electron chi connectivity index (χ4n) is 3.48. The molecule has 27 heavy (non-hydrogen) atoms. The second-order valence-electron chi connectivity index (χ2n) is 6.68. The van der Waals surface area contributed by atoms with Gasteiger partial charge >= 0.3 is 0 Å². The van der Waals surface area contributed by atoms with Gasteiger partial charge in [-0.05, 0) is 36.2 Å². The van der Waals surface area contributed by atoms with Gasteiger partial charge in [-0.1, -0.05) is 12.1 Å². The van der Waals surface area contributed by atoms with Crippen molar-refractivity contribution in [2.24, 2.45) is 0 Å². The van der Waals surface area contributed by atoms with Crippen molar-refractivity contribution in [2.75, 3.05) is 13.7 Å². The number of aromatic amines is 1. The molecule has 0 unspecified atom stereocenters. The summed E-state index contributed by atoms with van der Waals surface area (Å²) in [6.45, 7) is 1.31. The number of aryl methyl sites for hydroxylation is 1. The van der Waals surface area contributed by atoms with Crippen molar-refractivity contribution in [3.8, 4) is 17.0 Å². The number of ether oxygens (including phenoxy) is 1. The first-order chi connectivity index (χ1) is 13.2. The number of pyridine rings is 1. The molecule has 1 aromatic carbocycles. The van der Waals surface area contributed by atoms with Crippen LogP contribution in [0.1, 0.15) is 23.2 Å². The van der Waals surface area contributed by atoms with Crippen LogP contribution >= 0.6 is 0 Å². The van der Waals surface area contributed by atoms with Crippen molar-refractivity contribution in [1.82, 2.24) is 20.1 Å². The van der Waals surface area contributed by atoms with Crippen LogP contribution in [-0.4, -0.2) is 39.6 Å². The molecule has 6 nitrogen and oxygen atoms in total. The lowest BCUT2D eigenvalue weighted by Crippen LogP contribution is -2.36. The number of aromatic nitrogens is 3. The molecule has 1 amide bonds. The number of H-pyrrole nitrogens is 1. The maximum Gasteiger partial charge on any atom is 0.223 e. The van der Waals surface area contributed by atoms with Crippen molar-refractivity contribution >= 4 is 5.91 Å². The number of amides is 1. The van der Waals surface area contributed by atoms with Gasteiger partial charge in [0.25, 0.3) is 0 Å². The minimum absolute atomic E-state index is 0.176. The van der Waals surface area contributed by atoms with E-state index in [9.17, 15) is 4.79 Å². The summed E-state index contributed by atoms with van der Waals surface area (Å²) < 4.78 is 5.32. The average molecular weight is 362 g/mol. The molecule has 1 aliphatic rings. The topological polar surface area (TPSA) is 71.1 Å². The molecule has 138 valence electrons. The van der Waals surface area contributed by atoms with Crippen molar-refractivity contribution in [3.63, 3.8) is 0 Å². The maximum absolute atomic E-state index is 12.7. The standard InChI is InChI=1S/C21H22N4O2/c1-27-17-4-2-3-16(13-17)21-18-14-25(12-9-19(18)23-24-21)20(26)6-5-15-7-10-22-11-8-15/h2-4,7-8,10-11,13H,5-6,9,12,14H2,1H3,(H,23,24). The van der Waals surface area contributed by atoms with Crippen molar-refractivity contribution in [2.45, 2.75) is 25.8 Å². The van der Waals surface area contributed by atoms with Crippen LogP contribution in [0.5, 0.6) is 5.75 Å². The number of fused-ring (bicyclic) bond motifs is 1. The SMILES string of the molecule is COc1cccc(-c2n[nH]c3c2CN(C(=O)CCc2ccncc2)CC3)c1. The van der Waals surface area contributed by atoms with Crippen LogP contribution in [0.3, 0.4) is 0 Å². The van der Waals surface area contributed by atoms with E-state index >= 15 is 0 Å². The van der Waals surface area contributed by atoms with E-state index in [-0.39, 0.29) is 5.91 Å². The fraction of sp³-hybridized carbons (Fsp3) is 0.286. The smallest absolute Gasteiger partial charge is 0.223 e. The zero-order valence-electron chi connectivity index (χ0n) is 15.3. The van der Waals surface area contributed by atoms with E-state index in [0.717, 1.165) is 53.2 Å². The second-order valence-corrected chi connectivity index (χ2v) is 6.68. The highest BCUT2D eigenvalue weighted by Gasteiger charge is 2.25. The number of carbonyl (C=O) groups excluding carboxylic acids is 1. The molecule has 0 saturated heterocycles. The van der Waals surface area contributed by atoms with Gasteiger partial charge in [-0.15, -0.1) is 0 Å².